The molecule has 1 aliphatic carbocycles. The number of rotatable bonds is 5. The summed E-state index contributed by atoms with van der Waals surface area (Å²) in [4.78, 5) is 18.9. The second kappa shape index (κ2) is 7.42. The molecule has 4 nitrogen and oxygen atoms in total. The van der Waals surface area contributed by atoms with Crippen molar-refractivity contribution in [3.8, 4) is 11.4 Å². The summed E-state index contributed by atoms with van der Waals surface area (Å²) in [6.45, 7) is 3.27. The highest BCUT2D eigenvalue weighted by atomic mass is 16.1. The molecular weight excluding hydrogens is 322 g/mol. The second-order valence-corrected chi connectivity index (χ2v) is 7.43. The number of aromatic nitrogens is 2. The van der Waals surface area contributed by atoms with E-state index in [1.165, 1.54) is 31.2 Å². The van der Waals surface area contributed by atoms with Crippen LogP contribution in [0.4, 0.5) is 0 Å². The number of aldehydes is 1. The summed E-state index contributed by atoms with van der Waals surface area (Å²) in [5.74, 6) is 1.61. The van der Waals surface area contributed by atoms with Gasteiger partial charge in [0.1, 0.15) is 12.1 Å². The first kappa shape index (κ1) is 17.0. The molecule has 1 aliphatic rings. The fraction of sp³-hybridized carbons (Fsp3) is 0.364. The molecule has 0 saturated heterocycles. The molecule has 26 heavy (non-hydrogen) atoms. The average molecular weight is 347 g/mol. The molecule has 3 aromatic rings. The molecule has 4 rings (SSSR count). The first-order valence-electron chi connectivity index (χ1n) is 9.50. The summed E-state index contributed by atoms with van der Waals surface area (Å²) in [5, 5.41) is 3.72. The number of fused-ring (bicyclic) bond motifs is 1. The Kier molecular flexibility index (Phi) is 4.85. The molecule has 1 heterocycles. The summed E-state index contributed by atoms with van der Waals surface area (Å²) in [6.07, 6.45) is 6.21. The quantitative estimate of drug-likeness (QED) is 0.657. The Morgan fingerprint density at radius 2 is 1.96 bits per heavy atom. The number of imidazole rings is 1. The van der Waals surface area contributed by atoms with Gasteiger partial charge < -0.3 is 10.3 Å². The van der Waals surface area contributed by atoms with Crippen LogP contribution in [0.3, 0.4) is 0 Å². The van der Waals surface area contributed by atoms with E-state index in [-0.39, 0.29) is 0 Å². The monoisotopic (exact) mass is 347 g/mol. The Morgan fingerprint density at radius 3 is 2.73 bits per heavy atom. The maximum absolute atomic E-state index is 10.9. The zero-order valence-corrected chi connectivity index (χ0v) is 15.2. The van der Waals surface area contributed by atoms with Crippen LogP contribution in [0.1, 0.15) is 48.5 Å². The van der Waals surface area contributed by atoms with E-state index in [0.29, 0.717) is 11.6 Å². The smallest absolute Gasteiger partial charge is 0.150 e. The van der Waals surface area contributed by atoms with E-state index >= 15 is 0 Å². The summed E-state index contributed by atoms with van der Waals surface area (Å²) >= 11 is 0. The molecule has 2 aromatic carbocycles. The van der Waals surface area contributed by atoms with Crippen molar-refractivity contribution in [1.29, 1.82) is 0 Å². The van der Waals surface area contributed by atoms with E-state index in [9.17, 15) is 4.79 Å². The van der Waals surface area contributed by atoms with Gasteiger partial charge in [-0.2, -0.15) is 0 Å². The van der Waals surface area contributed by atoms with Crippen LogP contribution < -0.4 is 5.32 Å². The zero-order chi connectivity index (χ0) is 17.9. The summed E-state index contributed by atoms with van der Waals surface area (Å²) in [5.41, 5.74) is 4.78. The van der Waals surface area contributed by atoms with Gasteiger partial charge in [-0.15, -0.1) is 0 Å². The van der Waals surface area contributed by atoms with Crippen LogP contribution in [0, 0.1) is 5.92 Å². The normalized spacial score (nSPS) is 20.3. The van der Waals surface area contributed by atoms with Gasteiger partial charge in [0.2, 0.25) is 0 Å². The number of aromatic amines is 1. The summed E-state index contributed by atoms with van der Waals surface area (Å²) in [7, 11) is 0. The number of hydrogen-bond acceptors (Lipinski definition) is 3. The molecule has 1 aromatic heterocycles. The van der Waals surface area contributed by atoms with E-state index in [2.05, 4.69) is 46.5 Å². The van der Waals surface area contributed by atoms with E-state index in [4.69, 9.17) is 0 Å². The number of carbonyl (C=O) groups is 1. The molecule has 4 heteroatoms. The van der Waals surface area contributed by atoms with Crippen molar-refractivity contribution >= 4 is 17.3 Å². The predicted octanol–water partition coefficient (Wildman–Crippen LogP) is 4.71. The van der Waals surface area contributed by atoms with Gasteiger partial charge in [0.25, 0.3) is 0 Å². The van der Waals surface area contributed by atoms with E-state index in [1.807, 2.05) is 12.1 Å². The van der Waals surface area contributed by atoms with Crippen molar-refractivity contribution in [2.45, 2.75) is 45.2 Å². The van der Waals surface area contributed by atoms with Gasteiger partial charge in [-0.25, -0.2) is 4.98 Å². The Bertz CT molecular complexity index is 897. The van der Waals surface area contributed by atoms with Crippen molar-refractivity contribution < 1.29 is 4.79 Å². The van der Waals surface area contributed by atoms with Crippen LogP contribution in [0.15, 0.2) is 42.5 Å². The van der Waals surface area contributed by atoms with Crippen LogP contribution in [0.2, 0.25) is 0 Å². The summed E-state index contributed by atoms with van der Waals surface area (Å²) < 4.78 is 0. The van der Waals surface area contributed by atoms with Crippen molar-refractivity contribution in [3.05, 3.63) is 53.6 Å². The molecular formula is C22H25N3O. The topological polar surface area (TPSA) is 57.8 Å². The number of H-pyrrole nitrogens is 1. The highest BCUT2D eigenvalue weighted by Gasteiger charge is 2.20. The summed E-state index contributed by atoms with van der Waals surface area (Å²) in [6, 6.07) is 14.7. The Balaban J connectivity index is 1.46. The maximum atomic E-state index is 10.9. The highest BCUT2D eigenvalue weighted by molar-refractivity contribution is 5.86. The van der Waals surface area contributed by atoms with Gasteiger partial charge in [0.15, 0.2) is 0 Å². The number of carbonyl (C=O) groups excluding carboxylic acids is 1. The number of nitrogens with one attached hydrogen (secondary N) is 2. The second-order valence-electron chi connectivity index (χ2n) is 7.43. The van der Waals surface area contributed by atoms with Crippen molar-refractivity contribution in [2.75, 3.05) is 0 Å². The van der Waals surface area contributed by atoms with E-state index < -0.39 is 0 Å². The molecule has 0 amide bonds. The first-order valence-corrected chi connectivity index (χ1v) is 9.50. The molecule has 0 radical (unpaired) electrons. The fourth-order valence-corrected chi connectivity index (χ4v) is 3.89. The first-order chi connectivity index (χ1) is 12.7. The van der Waals surface area contributed by atoms with Gasteiger partial charge in [0, 0.05) is 23.7 Å². The largest absolute Gasteiger partial charge is 0.338 e. The molecule has 2 atom stereocenters. The molecule has 0 aliphatic heterocycles. The minimum Gasteiger partial charge on any atom is -0.338 e. The Hall–Kier alpha value is -2.46. The van der Waals surface area contributed by atoms with E-state index in [1.54, 1.807) is 6.07 Å². The van der Waals surface area contributed by atoms with Crippen molar-refractivity contribution in [3.63, 3.8) is 0 Å². The van der Waals surface area contributed by atoms with Gasteiger partial charge in [0.05, 0.1) is 11.0 Å². The van der Waals surface area contributed by atoms with Gasteiger partial charge >= 0.3 is 0 Å². The average Bonchev–Trinajstić information content (AvgIpc) is 3.11. The Labute approximate surface area is 154 Å². The SMILES string of the molecule is CC1CCCCC1NCc1ccc(-c2nc3ccc(C=O)cc3[nH]2)cc1. The van der Waals surface area contributed by atoms with Crippen LogP contribution >= 0.6 is 0 Å². The fourth-order valence-electron chi connectivity index (χ4n) is 3.89. The zero-order valence-electron chi connectivity index (χ0n) is 15.2. The van der Waals surface area contributed by atoms with Gasteiger partial charge in [-0.1, -0.05) is 44.0 Å². The van der Waals surface area contributed by atoms with Gasteiger partial charge in [-0.3, -0.25) is 4.79 Å². The number of hydrogen-bond donors (Lipinski definition) is 2. The maximum Gasteiger partial charge on any atom is 0.150 e. The molecule has 134 valence electrons. The molecule has 2 unspecified atom stereocenters. The van der Waals surface area contributed by atoms with Crippen LogP contribution in [-0.4, -0.2) is 22.3 Å². The van der Waals surface area contributed by atoms with Gasteiger partial charge in [-0.05, 0) is 42.5 Å². The molecule has 0 bridgehead atoms. The number of nitrogens with zero attached hydrogens (tertiary/aromatic N) is 1. The van der Waals surface area contributed by atoms with E-state index in [0.717, 1.165) is 41.2 Å². The third kappa shape index (κ3) is 3.56. The Morgan fingerprint density at radius 1 is 1.15 bits per heavy atom. The molecule has 0 spiro atoms. The third-order valence-electron chi connectivity index (χ3n) is 5.55. The van der Waals surface area contributed by atoms with Crippen LogP contribution in [0.25, 0.3) is 22.4 Å². The van der Waals surface area contributed by atoms with Crippen molar-refractivity contribution in [2.24, 2.45) is 5.92 Å². The molecule has 2 N–H and O–H groups in total. The standard InChI is InChI=1S/C22H25N3O/c1-15-4-2-3-5-19(15)23-13-16-6-9-18(10-7-16)22-24-20-11-8-17(14-26)12-21(20)25-22/h6-12,14-15,19,23H,2-5,13H2,1H3,(H,24,25). The lowest BCUT2D eigenvalue weighted by molar-refractivity contribution is 0.112. The molecule has 1 saturated carbocycles. The number of benzene rings is 2. The lowest BCUT2D eigenvalue weighted by Gasteiger charge is -2.29. The van der Waals surface area contributed by atoms with Crippen molar-refractivity contribution in [1.82, 2.24) is 15.3 Å². The van der Waals surface area contributed by atoms with Crippen LogP contribution in [0.5, 0.6) is 0 Å². The minimum atomic E-state index is 0.644. The lowest BCUT2D eigenvalue weighted by Crippen LogP contribution is -2.36. The predicted molar refractivity (Wildman–Crippen MR) is 105 cm³/mol. The van der Waals surface area contributed by atoms with Crippen LogP contribution in [-0.2, 0) is 6.54 Å². The lowest BCUT2D eigenvalue weighted by atomic mass is 9.86. The highest BCUT2D eigenvalue weighted by Crippen LogP contribution is 2.25. The molecule has 1 fully saturated rings. The minimum absolute atomic E-state index is 0.644. The third-order valence-corrected chi connectivity index (χ3v) is 5.55.